The van der Waals surface area contributed by atoms with Crippen molar-refractivity contribution in [3.8, 4) is 5.75 Å². The molecular formula is C21H21ClN4O2. The molecule has 0 atom stereocenters. The number of aromatic nitrogens is 1. The standard InChI is InChI=1S/C21H21ClN4O2/c1-26(2)17-8-4-14(5-9-17)25-21(27)19-10-6-16(13-23-19)24-15-7-11-20(28-3)18(22)12-15/h4-13,24H,1-3H3,(H,25,27). The Morgan fingerprint density at radius 3 is 2.25 bits per heavy atom. The smallest absolute Gasteiger partial charge is 0.274 e. The van der Waals surface area contributed by atoms with Gasteiger partial charge in [-0.1, -0.05) is 11.6 Å². The Labute approximate surface area is 169 Å². The molecule has 0 spiro atoms. The molecule has 0 saturated heterocycles. The number of carbonyl (C=O) groups excluding carboxylic acids is 1. The Kier molecular flexibility index (Phi) is 6.01. The molecule has 2 N–H and O–H groups in total. The number of methoxy groups -OCH3 is 1. The zero-order chi connectivity index (χ0) is 20.1. The van der Waals surface area contributed by atoms with Crippen molar-refractivity contribution in [3.63, 3.8) is 0 Å². The highest BCUT2D eigenvalue weighted by atomic mass is 35.5. The van der Waals surface area contributed by atoms with Crippen LogP contribution in [0.2, 0.25) is 5.02 Å². The maximum atomic E-state index is 12.4. The molecule has 6 nitrogen and oxygen atoms in total. The van der Waals surface area contributed by atoms with Gasteiger partial charge in [0.2, 0.25) is 0 Å². The third kappa shape index (κ3) is 4.72. The van der Waals surface area contributed by atoms with Crippen LogP contribution in [0.3, 0.4) is 0 Å². The van der Waals surface area contributed by atoms with Crippen LogP contribution in [0.5, 0.6) is 5.75 Å². The summed E-state index contributed by atoms with van der Waals surface area (Å²) in [6, 6.07) is 16.4. The van der Waals surface area contributed by atoms with Crippen molar-refractivity contribution >= 4 is 40.3 Å². The summed E-state index contributed by atoms with van der Waals surface area (Å²) in [5.41, 5.74) is 3.64. The molecule has 28 heavy (non-hydrogen) atoms. The van der Waals surface area contributed by atoms with Gasteiger partial charge < -0.3 is 20.3 Å². The molecule has 3 rings (SSSR count). The van der Waals surface area contributed by atoms with Crippen LogP contribution in [0.25, 0.3) is 0 Å². The van der Waals surface area contributed by atoms with Gasteiger partial charge in [-0.25, -0.2) is 4.98 Å². The van der Waals surface area contributed by atoms with Crippen molar-refractivity contribution < 1.29 is 9.53 Å². The van der Waals surface area contributed by atoms with Crippen molar-refractivity contribution in [1.82, 2.24) is 4.98 Å². The number of rotatable bonds is 6. The number of amides is 1. The maximum Gasteiger partial charge on any atom is 0.274 e. The summed E-state index contributed by atoms with van der Waals surface area (Å²) in [4.78, 5) is 18.6. The fourth-order valence-corrected chi connectivity index (χ4v) is 2.81. The number of halogens is 1. The van der Waals surface area contributed by atoms with E-state index < -0.39 is 0 Å². The first kappa shape index (κ1) is 19.5. The SMILES string of the molecule is COc1ccc(Nc2ccc(C(=O)Nc3ccc(N(C)C)cc3)nc2)cc1Cl. The number of ether oxygens (including phenoxy) is 1. The molecule has 0 bridgehead atoms. The summed E-state index contributed by atoms with van der Waals surface area (Å²) in [7, 11) is 5.50. The average Bonchev–Trinajstić information content (AvgIpc) is 2.69. The largest absolute Gasteiger partial charge is 0.495 e. The van der Waals surface area contributed by atoms with E-state index in [2.05, 4.69) is 15.6 Å². The molecule has 0 saturated carbocycles. The first-order chi connectivity index (χ1) is 13.5. The predicted molar refractivity (Wildman–Crippen MR) is 114 cm³/mol. The molecular weight excluding hydrogens is 376 g/mol. The zero-order valence-electron chi connectivity index (χ0n) is 15.9. The van der Waals surface area contributed by atoms with Crippen molar-refractivity contribution in [2.75, 3.05) is 36.7 Å². The molecule has 0 aliphatic carbocycles. The molecule has 2 aromatic carbocycles. The van der Waals surface area contributed by atoms with Crippen LogP contribution in [-0.4, -0.2) is 32.1 Å². The lowest BCUT2D eigenvalue weighted by molar-refractivity contribution is 0.102. The average molecular weight is 397 g/mol. The summed E-state index contributed by atoms with van der Waals surface area (Å²) < 4.78 is 5.14. The fraction of sp³-hybridized carbons (Fsp3) is 0.143. The molecule has 144 valence electrons. The van der Waals surface area contributed by atoms with E-state index >= 15 is 0 Å². The zero-order valence-corrected chi connectivity index (χ0v) is 16.6. The third-order valence-corrected chi connectivity index (χ3v) is 4.37. The molecule has 1 heterocycles. The molecule has 1 amide bonds. The van der Waals surface area contributed by atoms with E-state index in [0.717, 1.165) is 17.1 Å². The summed E-state index contributed by atoms with van der Waals surface area (Å²) >= 11 is 6.13. The molecule has 0 fully saturated rings. The monoisotopic (exact) mass is 396 g/mol. The van der Waals surface area contributed by atoms with Gasteiger partial charge in [0.25, 0.3) is 5.91 Å². The van der Waals surface area contributed by atoms with Gasteiger partial charge in [0, 0.05) is 31.2 Å². The minimum absolute atomic E-state index is 0.267. The number of benzene rings is 2. The second-order valence-electron chi connectivity index (χ2n) is 6.30. The number of hydrogen-bond donors (Lipinski definition) is 2. The van der Waals surface area contributed by atoms with Gasteiger partial charge in [-0.2, -0.15) is 0 Å². The second kappa shape index (κ2) is 8.63. The number of carbonyl (C=O) groups is 1. The Balaban J connectivity index is 1.64. The van der Waals surface area contributed by atoms with Gasteiger partial charge in [-0.05, 0) is 54.6 Å². The lowest BCUT2D eigenvalue weighted by atomic mass is 10.2. The molecule has 0 radical (unpaired) electrons. The van der Waals surface area contributed by atoms with Crippen molar-refractivity contribution in [2.24, 2.45) is 0 Å². The van der Waals surface area contributed by atoms with Crippen LogP contribution in [0, 0.1) is 0 Å². The maximum absolute atomic E-state index is 12.4. The van der Waals surface area contributed by atoms with E-state index in [0.29, 0.717) is 22.2 Å². The van der Waals surface area contributed by atoms with Gasteiger partial charge in [-0.15, -0.1) is 0 Å². The van der Waals surface area contributed by atoms with Crippen LogP contribution >= 0.6 is 11.6 Å². The van der Waals surface area contributed by atoms with E-state index in [1.165, 1.54) is 0 Å². The highest BCUT2D eigenvalue weighted by Gasteiger charge is 2.09. The normalized spacial score (nSPS) is 10.3. The highest BCUT2D eigenvalue weighted by Crippen LogP contribution is 2.28. The molecule has 0 aliphatic rings. The van der Waals surface area contributed by atoms with Crippen molar-refractivity contribution in [1.29, 1.82) is 0 Å². The second-order valence-corrected chi connectivity index (χ2v) is 6.71. The minimum Gasteiger partial charge on any atom is -0.495 e. The molecule has 7 heteroatoms. The topological polar surface area (TPSA) is 66.5 Å². The Bertz CT molecular complexity index is 957. The van der Waals surface area contributed by atoms with E-state index in [9.17, 15) is 4.79 Å². The van der Waals surface area contributed by atoms with Crippen LogP contribution in [-0.2, 0) is 0 Å². The predicted octanol–water partition coefficient (Wildman–Crippen LogP) is 4.81. The first-order valence-corrected chi connectivity index (χ1v) is 8.99. The molecule has 0 unspecified atom stereocenters. The Hall–Kier alpha value is -3.25. The lowest BCUT2D eigenvalue weighted by Gasteiger charge is -2.13. The van der Waals surface area contributed by atoms with E-state index in [4.69, 9.17) is 16.3 Å². The summed E-state index contributed by atoms with van der Waals surface area (Å²) in [6.07, 6.45) is 1.60. The van der Waals surface area contributed by atoms with E-state index in [1.807, 2.05) is 49.3 Å². The van der Waals surface area contributed by atoms with Crippen LogP contribution in [0.4, 0.5) is 22.7 Å². The quantitative estimate of drug-likeness (QED) is 0.626. The number of nitrogens with zero attached hydrogens (tertiary/aromatic N) is 2. The number of anilines is 4. The molecule has 3 aromatic rings. The first-order valence-electron chi connectivity index (χ1n) is 8.61. The van der Waals surface area contributed by atoms with E-state index in [1.54, 1.807) is 37.6 Å². The molecule has 1 aromatic heterocycles. The van der Waals surface area contributed by atoms with Crippen molar-refractivity contribution in [3.05, 3.63) is 71.5 Å². The lowest BCUT2D eigenvalue weighted by Crippen LogP contribution is -2.14. The van der Waals surface area contributed by atoms with Gasteiger partial charge in [0.1, 0.15) is 11.4 Å². The summed E-state index contributed by atoms with van der Waals surface area (Å²) in [6.45, 7) is 0. The fourth-order valence-electron chi connectivity index (χ4n) is 2.55. The van der Waals surface area contributed by atoms with Gasteiger partial charge >= 0.3 is 0 Å². The summed E-state index contributed by atoms with van der Waals surface area (Å²) in [5.74, 6) is 0.340. The highest BCUT2D eigenvalue weighted by molar-refractivity contribution is 6.32. The summed E-state index contributed by atoms with van der Waals surface area (Å²) in [5, 5.41) is 6.54. The van der Waals surface area contributed by atoms with Crippen molar-refractivity contribution in [2.45, 2.75) is 0 Å². The van der Waals surface area contributed by atoms with Gasteiger partial charge in [-0.3, -0.25) is 4.79 Å². The number of nitrogens with one attached hydrogen (secondary N) is 2. The van der Waals surface area contributed by atoms with Gasteiger partial charge in [0.05, 0.1) is 24.0 Å². The van der Waals surface area contributed by atoms with Crippen LogP contribution in [0.15, 0.2) is 60.8 Å². The minimum atomic E-state index is -0.267. The third-order valence-electron chi connectivity index (χ3n) is 4.08. The van der Waals surface area contributed by atoms with Crippen LogP contribution in [0.1, 0.15) is 10.5 Å². The van der Waals surface area contributed by atoms with Gasteiger partial charge in [0.15, 0.2) is 0 Å². The Morgan fingerprint density at radius 2 is 1.68 bits per heavy atom. The van der Waals surface area contributed by atoms with Crippen LogP contribution < -0.4 is 20.3 Å². The molecule has 0 aliphatic heterocycles. The van der Waals surface area contributed by atoms with E-state index in [-0.39, 0.29) is 5.91 Å². The number of hydrogen-bond acceptors (Lipinski definition) is 5. The number of pyridine rings is 1. The Morgan fingerprint density at radius 1 is 1.00 bits per heavy atom.